The molecule has 1 saturated carbocycles. The molecule has 4 atom stereocenters. The molecule has 0 aromatic carbocycles. The van der Waals surface area contributed by atoms with Crippen molar-refractivity contribution in [2.45, 2.75) is 70.0 Å². The first-order chi connectivity index (χ1) is 8.31. The van der Waals surface area contributed by atoms with Crippen LogP contribution in [0.15, 0.2) is 0 Å². The Kier molecular flexibility index (Phi) is 5.26. The van der Waals surface area contributed by atoms with Crippen LogP contribution in [0.3, 0.4) is 0 Å². The number of aliphatic hydroxyl groups excluding tert-OH is 1. The second kappa shape index (κ2) is 6.72. The molecular weight excluding hydrogens is 212 g/mol. The highest BCUT2D eigenvalue weighted by molar-refractivity contribution is 4.93. The molecule has 1 saturated heterocycles. The lowest BCUT2D eigenvalue weighted by Gasteiger charge is -2.34. The van der Waals surface area contributed by atoms with Crippen molar-refractivity contribution in [3.8, 4) is 0 Å². The van der Waals surface area contributed by atoms with Crippen molar-refractivity contribution in [1.82, 2.24) is 10.6 Å². The summed E-state index contributed by atoms with van der Waals surface area (Å²) < 4.78 is 0. The van der Waals surface area contributed by atoms with Gasteiger partial charge in [-0.25, -0.2) is 0 Å². The standard InChI is InChI=1S/C14H28N2O/c1-11(8-10-17)16-14-7-4-5-12(14)13-6-2-3-9-15-13/h11-17H,2-10H2,1H3. The molecule has 17 heavy (non-hydrogen) atoms. The Morgan fingerprint density at radius 3 is 2.82 bits per heavy atom. The van der Waals surface area contributed by atoms with Gasteiger partial charge in [-0.15, -0.1) is 0 Å². The molecule has 0 radical (unpaired) electrons. The van der Waals surface area contributed by atoms with Crippen molar-refractivity contribution >= 4 is 0 Å². The van der Waals surface area contributed by atoms with Gasteiger partial charge in [0.25, 0.3) is 0 Å². The Balaban J connectivity index is 1.83. The summed E-state index contributed by atoms with van der Waals surface area (Å²) in [7, 11) is 0. The normalized spacial score (nSPS) is 36.0. The van der Waals surface area contributed by atoms with Gasteiger partial charge >= 0.3 is 0 Å². The van der Waals surface area contributed by atoms with Crippen LogP contribution in [0, 0.1) is 5.92 Å². The molecule has 2 fully saturated rings. The third-order valence-corrected chi connectivity index (χ3v) is 4.50. The van der Waals surface area contributed by atoms with Crippen LogP contribution in [-0.4, -0.2) is 36.4 Å². The van der Waals surface area contributed by atoms with E-state index >= 15 is 0 Å². The van der Waals surface area contributed by atoms with Crippen LogP contribution in [0.1, 0.15) is 51.9 Å². The molecule has 1 heterocycles. The second-order valence-corrected chi connectivity index (χ2v) is 5.84. The predicted octanol–water partition coefficient (Wildman–Crippen LogP) is 1.66. The SMILES string of the molecule is CC(CCO)NC1CCCC1C1CCCCN1. The number of hydrogen-bond acceptors (Lipinski definition) is 3. The summed E-state index contributed by atoms with van der Waals surface area (Å²) in [6.07, 6.45) is 9.04. The van der Waals surface area contributed by atoms with E-state index in [9.17, 15) is 0 Å². The van der Waals surface area contributed by atoms with Crippen molar-refractivity contribution in [3.63, 3.8) is 0 Å². The average Bonchev–Trinajstić information content (AvgIpc) is 2.78. The molecule has 100 valence electrons. The van der Waals surface area contributed by atoms with E-state index in [1.165, 1.54) is 45.1 Å². The summed E-state index contributed by atoms with van der Waals surface area (Å²) in [5.41, 5.74) is 0. The quantitative estimate of drug-likeness (QED) is 0.685. The summed E-state index contributed by atoms with van der Waals surface area (Å²) in [4.78, 5) is 0. The van der Waals surface area contributed by atoms with E-state index in [1.54, 1.807) is 0 Å². The van der Waals surface area contributed by atoms with Gasteiger partial charge in [0.15, 0.2) is 0 Å². The lowest BCUT2D eigenvalue weighted by Crippen LogP contribution is -2.48. The zero-order valence-electron chi connectivity index (χ0n) is 11.1. The van der Waals surface area contributed by atoms with Gasteiger partial charge in [-0.2, -0.15) is 0 Å². The minimum Gasteiger partial charge on any atom is -0.396 e. The number of aliphatic hydroxyl groups is 1. The van der Waals surface area contributed by atoms with Crippen LogP contribution in [0.2, 0.25) is 0 Å². The van der Waals surface area contributed by atoms with Gasteiger partial charge < -0.3 is 15.7 Å². The molecule has 0 bridgehead atoms. The van der Waals surface area contributed by atoms with Gasteiger partial charge in [-0.1, -0.05) is 12.8 Å². The third kappa shape index (κ3) is 3.67. The molecular formula is C14H28N2O. The van der Waals surface area contributed by atoms with Crippen LogP contribution in [-0.2, 0) is 0 Å². The van der Waals surface area contributed by atoms with E-state index in [4.69, 9.17) is 5.11 Å². The van der Waals surface area contributed by atoms with Crippen molar-refractivity contribution in [2.75, 3.05) is 13.2 Å². The van der Waals surface area contributed by atoms with Crippen LogP contribution in [0.25, 0.3) is 0 Å². The molecule has 0 amide bonds. The number of hydrogen-bond donors (Lipinski definition) is 3. The molecule has 3 nitrogen and oxygen atoms in total. The average molecular weight is 240 g/mol. The van der Waals surface area contributed by atoms with E-state index in [-0.39, 0.29) is 0 Å². The summed E-state index contributed by atoms with van der Waals surface area (Å²) in [6, 6.07) is 1.87. The Labute approximate surface area is 105 Å². The van der Waals surface area contributed by atoms with E-state index < -0.39 is 0 Å². The molecule has 2 aliphatic rings. The molecule has 2 rings (SSSR count). The first-order valence-corrected chi connectivity index (χ1v) is 7.41. The Bertz CT molecular complexity index is 216. The third-order valence-electron chi connectivity index (χ3n) is 4.50. The lowest BCUT2D eigenvalue weighted by atomic mass is 9.88. The zero-order valence-corrected chi connectivity index (χ0v) is 11.1. The molecule has 4 unspecified atom stereocenters. The lowest BCUT2D eigenvalue weighted by molar-refractivity contribution is 0.227. The molecule has 1 aliphatic heterocycles. The first kappa shape index (κ1) is 13.3. The van der Waals surface area contributed by atoms with Gasteiger partial charge in [-0.3, -0.25) is 0 Å². The first-order valence-electron chi connectivity index (χ1n) is 7.41. The van der Waals surface area contributed by atoms with Crippen LogP contribution in [0.4, 0.5) is 0 Å². The fourth-order valence-corrected chi connectivity index (χ4v) is 3.56. The van der Waals surface area contributed by atoms with Crippen molar-refractivity contribution in [1.29, 1.82) is 0 Å². The summed E-state index contributed by atoms with van der Waals surface area (Å²) >= 11 is 0. The van der Waals surface area contributed by atoms with E-state index in [0.717, 1.165) is 18.4 Å². The maximum absolute atomic E-state index is 8.97. The van der Waals surface area contributed by atoms with E-state index in [1.807, 2.05) is 0 Å². The number of rotatable bonds is 5. The topological polar surface area (TPSA) is 44.3 Å². The highest BCUT2D eigenvalue weighted by atomic mass is 16.3. The minimum atomic E-state index is 0.299. The molecule has 1 aliphatic carbocycles. The van der Waals surface area contributed by atoms with Crippen molar-refractivity contribution in [2.24, 2.45) is 5.92 Å². The molecule has 0 spiro atoms. The number of piperidine rings is 1. The van der Waals surface area contributed by atoms with Crippen LogP contribution < -0.4 is 10.6 Å². The molecule has 0 aromatic heterocycles. The van der Waals surface area contributed by atoms with Crippen molar-refractivity contribution in [3.05, 3.63) is 0 Å². The maximum atomic E-state index is 8.97. The minimum absolute atomic E-state index is 0.299. The van der Waals surface area contributed by atoms with Gasteiger partial charge in [0.05, 0.1) is 0 Å². The number of nitrogens with one attached hydrogen (secondary N) is 2. The van der Waals surface area contributed by atoms with E-state index in [0.29, 0.717) is 18.7 Å². The zero-order chi connectivity index (χ0) is 12.1. The van der Waals surface area contributed by atoms with Gasteiger partial charge in [0, 0.05) is 24.7 Å². The largest absolute Gasteiger partial charge is 0.396 e. The van der Waals surface area contributed by atoms with Crippen LogP contribution in [0.5, 0.6) is 0 Å². The monoisotopic (exact) mass is 240 g/mol. The van der Waals surface area contributed by atoms with Gasteiger partial charge in [0.1, 0.15) is 0 Å². The van der Waals surface area contributed by atoms with Crippen molar-refractivity contribution < 1.29 is 5.11 Å². The molecule has 3 N–H and O–H groups in total. The fourth-order valence-electron chi connectivity index (χ4n) is 3.56. The molecule has 0 aromatic rings. The predicted molar refractivity (Wildman–Crippen MR) is 71.1 cm³/mol. The Hall–Kier alpha value is -0.120. The highest BCUT2D eigenvalue weighted by Gasteiger charge is 2.34. The Morgan fingerprint density at radius 1 is 1.24 bits per heavy atom. The highest BCUT2D eigenvalue weighted by Crippen LogP contribution is 2.32. The second-order valence-electron chi connectivity index (χ2n) is 5.84. The Morgan fingerprint density at radius 2 is 2.12 bits per heavy atom. The smallest absolute Gasteiger partial charge is 0.0445 e. The summed E-state index contributed by atoms with van der Waals surface area (Å²) in [5.74, 6) is 0.816. The van der Waals surface area contributed by atoms with E-state index in [2.05, 4.69) is 17.6 Å². The molecule has 3 heteroatoms. The van der Waals surface area contributed by atoms with Gasteiger partial charge in [-0.05, 0) is 51.5 Å². The maximum Gasteiger partial charge on any atom is 0.0445 e. The fraction of sp³-hybridized carbons (Fsp3) is 1.00. The van der Waals surface area contributed by atoms with Crippen LogP contribution >= 0.6 is 0 Å². The summed E-state index contributed by atoms with van der Waals surface area (Å²) in [6.45, 7) is 3.70. The van der Waals surface area contributed by atoms with Gasteiger partial charge in [0.2, 0.25) is 0 Å². The summed E-state index contributed by atoms with van der Waals surface area (Å²) in [5, 5.41) is 16.4.